The van der Waals surface area contributed by atoms with Gasteiger partial charge in [-0.05, 0) is 25.7 Å². The van der Waals surface area contributed by atoms with Crippen LogP contribution in [0.2, 0.25) is 0 Å². The minimum Gasteiger partial charge on any atom is -0.396 e. The number of alkyl halides is 2. The highest BCUT2D eigenvalue weighted by atomic mass is 19.3. The molecule has 0 spiro atoms. The number of halogens is 2. The summed E-state index contributed by atoms with van der Waals surface area (Å²) < 4.78 is 26.1. The number of nitrogens with one attached hydrogen (secondary N) is 1. The molecule has 5 heteroatoms. The summed E-state index contributed by atoms with van der Waals surface area (Å²) in [6, 6.07) is -0.0209. The van der Waals surface area contributed by atoms with Gasteiger partial charge >= 0.3 is 0 Å². The molecule has 0 saturated heterocycles. The SMILES string of the molecule is CC1(CO)CCCC1NC(=O)C1CCC(F)(F)CC1. The fraction of sp³-hybridized carbons (Fsp3) is 0.929. The number of hydrogen-bond donors (Lipinski definition) is 2. The van der Waals surface area contributed by atoms with Gasteiger partial charge in [0.1, 0.15) is 0 Å². The Balaban J connectivity index is 1.88. The second-order valence-electron chi connectivity index (χ2n) is 6.40. The van der Waals surface area contributed by atoms with E-state index < -0.39 is 5.92 Å². The average molecular weight is 275 g/mol. The molecule has 0 bridgehead atoms. The summed E-state index contributed by atoms with van der Waals surface area (Å²) in [7, 11) is 0. The molecular formula is C14H23F2NO2. The summed E-state index contributed by atoms with van der Waals surface area (Å²) in [5.74, 6) is -2.99. The van der Waals surface area contributed by atoms with E-state index in [1.54, 1.807) is 0 Å². The molecule has 0 aliphatic heterocycles. The van der Waals surface area contributed by atoms with E-state index in [1.807, 2.05) is 6.92 Å². The molecule has 2 atom stereocenters. The van der Waals surface area contributed by atoms with Gasteiger partial charge in [0.2, 0.25) is 11.8 Å². The summed E-state index contributed by atoms with van der Waals surface area (Å²) in [6.07, 6.45) is 2.91. The molecule has 2 N–H and O–H groups in total. The molecule has 2 fully saturated rings. The van der Waals surface area contributed by atoms with E-state index in [9.17, 15) is 18.7 Å². The summed E-state index contributed by atoms with van der Waals surface area (Å²) >= 11 is 0. The van der Waals surface area contributed by atoms with Gasteiger partial charge in [-0.1, -0.05) is 13.3 Å². The van der Waals surface area contributed by atoms with Gasteiger partial charge in [-0.3, -0.25) is 4.79 Å². The molecule has 2 unspecified atom stereocenters. The number of aliphatic hydroxyl groups excluding tert-OH is 1. The summed E-state index contributed by atoms with van der Waals surface area (Å²) in [5.41, 5.74) is -0.256. The van der Waals surface area contributed by atoms with Crippen molar-refractivity contribution in [1.29, 1.82) is 0 Å². The maximum Gasteiger partial charge on any atom is 0.248 e. The van der Waals surface area contributed by atoms with Gasteiger partial charge in [0, 0.05) is 30.2 Å². The van der Waals surface area contributed by atoms with E-state index in [0.29, 0.717) is 0 Å². The zero-order valence-electron chi connectivity index (χ0n) is 11.4. The molecule has 0 aromatic heterocycles. The van der Waals surface area contributed by atoms with Crippen LogP contribution in [0.4, 0.5) is 8.78 Å². The molecule has 110 valence electrons. The first-order valence-corrected chi connectivity index (χ1v) is 7.15. The lowest BCUT2D eigenvalue weighted by Gasteiger charge is -2.33. The van der Waals surface area contributed by atoms with Gasteiger partial charge < -0.3 is 10.4 Å². The van der Waals surface area contributed by atoms with E-state index >= 15 is 0 Å². The van der Waals surface area contributed by atoms with Crippen LogP contribution in [0.3, 0.4) is 0 Å². The van der Waals surface area contributed by atoms with Gasteiger partial charge in [-0.25, -0.2) is 8.78 Å². The quantitative estimate of drug-likeness (QED) is 0.831. The largest absolute Gasteiger partial charge is 0.396 e. The van der Waals surface area contributed by atoms with Gasteiger partial charge in [0.15, 0.2) is 0 Å². The van der Waals surface area contributed by atoms with Crippen molar-refractivity contribution in [2.45, 2.75) is 63.8 Å². The highest BCUT2D eigenvalue weighted by molar-refractivity contribution is 5.79. The third-order valence-corrected chi connectivity index (χ3v) is 4.85. The predicted molar refractivity (Wildman–Crippen MR) is 67.9 cm³/mol. The number of carbonyl (C=O) groups is 1. The number of carbonyl (C=O) groups excluding carboxylic acids is 1. The molecule has 2 aliphatic rings. The van der Waals surface area contributed by atoms with Crippen LogP contribution in [0.25, 0.3) is 0 Å². The standard InChI is InChI=1S/C14H23F2NO2/c1-13(9-18)6-2-3-11(13)17-12(19)10-4-7-14(15,16)8-5-10/h10-11,18H,2-9H2,1H3,(H,17,19). The average Bonchev–Trinajstić information content (AvgIpc) is 2.71. The van der Waals surface area contributed by atoms with Crippen molar-refractivity contribution < 1.29 is 18.7 Å². The number of rotatable bonds is 3. The lowest BCUT2D eigenvalue weighted by Crippen LogP contribution is -2.47. The minimum atomic E-state index is -2.59. The second kappa shape index (κ2) is 5.35. The Kier molecular flexibility index (Phi) is 4.14. The highest BCUT2D eigenvalue weighted by Gasteiger charge is 2.42. The van der Waals surface area contributed by atoms with Crippen LogP contribution in [0.15, 0.2) is 0 Å². The molecule has 3 nitrogen and oxygen atoms in total. The topological polar surface area (TPSA) is 49.3 Å². The van der Waals surface area contributed by atoms with Crippen molar-refractivity contribution in [3.8, 4) is 0 Å². The molecule has 0 aromatic rings. The van der Waals surface area contributed by atoms with Gasteiger partial charge in [0.25, 0.3) is 0 Å². The van der Waals surface area contributed by atoms with Gasteiger partial charge in [-0.2, -0.15) is 0 Å². The second-order valence-corrected chi connectivity index (χ2v) is 6.40. The smallest absolute Gasteiger partial charge is 0.248 e. The zero-order valence-corrected chi connectivity index (χ0v) is 11.4. The van der Waals surface area contributed by atoms with Crippen LogP contribution in [0, 0.1) is 11.3 Å². The van der Waals surface area contributed by atoms with Crippen molar-refractivity contribution in [3.05, 3.63) is 0 Å². The first-order valence-electron chi connectivity index (χ1n) is 7.15. The Bertz CT molecular complexity index is 338. The molecule has 2 saturated carbocycles. The van der Waals surface area contributed by atoms with E-state index in [4.69, 9.17) is 0 Å². The summed E-state index contributed by atoms with van der Waals surface area (Å²) in [6.45, 7) is 2.03. The van der Waals surface area contributed by atoms with Crippen molar-refractivity contribution >= 4 is 5.91 Å². The van der Waals surface area contributed by atoms with E-state index in [2.05, 4.69) is 5.32 Å². The Morgan fingerprint density at radius 2 is 1.89 bits per heavy atom. The van der Waals surface area contributed by atoms with Crippen molar-refractivity contribution in [1.82, 2.24) is 5.32 Å². The number of aliphatic hydroxyl groups is 1. The van der Waals surface area contributed by atoms with Crippen LogP contribution >= 0.6 is 0 Å². The predicted octanol–water partition coefficient (Wildman–Crippen LogP) is 2.48. The third kappa shape index (κ3) is 3.25. The molecule has 1 amide bonds. The third-order valence-electron chi connectivity index (χ3n) is 4.85. The Hall–Kier alpha value is -0.710. The Morgan fingerprint density at radius 1 is 1.26 bits per heavy atom. The van der Waals surface area contributed by atoms with E-state index in [0.717, 1.165) is 19.3 Å². The van der Waals surface area contributed by atoms with Gasteiger partial charge in [0.05, 0.1) is 6.61 Å². The molecule has 0 heterocycles. The first kappa shape index (κ1) is 14.7. The summed E-state index contributed by atoms with van der Waals surface area (Å²) in [5, 5.41) is 12.4. The maximum absolute atomic E-state index is 13.1. The van der Waals surface area contributed by atoms with E-state index in [1.165, 1.54) is 0 Å². The highest BCUT2D eigenvalue weighted by Crippen LogP contribution is 2.39. The van der Waals surface area contributed by atoms with Crippen LogP contribution in [-0.4, -0.2) is 29.6 Å². The van der Waals surface area contributed by atoms with Crippen molar-refractivity contribution in [3.63, 3.8) is 0 Å². The van der Waals surface area contributed by atoms with E-state index in [-0.39, 0.29) is 55.6 Å². The van der Waals surface area contributed by atoms with Crippen LogP contribution in [-0.2, 0) is 4.79 Å². The molecule has 0 radical (unpaired) electrons. The molecule has 0 aromatic carbocycles. The normalized spacial score (nSPS) is 35.3. The summed E-state index contributed by atoms with van der Waals surface area (Å²) in [4.78, 5) is 12.1. The minimum absolute atomic E-state index is 0.0209. The molecule has 2 aliphatic carbocycles. The molecule has 2 rings (SSSR count). The lowest BCUT2D eigenvalue weighted by atomic mass is 9.83. The van der Waals surface area contributed by atoms with Crippen LogP contribution in [0.1, 0.15) is 51.9 Å². The van der Waals surface area contributed by atoms with Crippen molar-refractivity contribution in [2.75, 3.05) is 6.61 Å². The fourth-order valence-electron chi connectivity index (χ4n) is 3.26. The fourth-order valence-corrected chi connectivity index (χ4v) is 3.26. The zero-order chi connectivity index (χ0) is 14.1. The Labute approximate surface area is 112 Å². The molecular weight excluding hydrogens is 252 g/mol. The van der Waals surface area contributed by atoms with Crippen molar-refractivity contribution in [2.24, 2.45) is 11.3 Å². The van der Waals surface area contributed by atoms with Crippen LogP contribution < -0.4 is 5.32 Å². The maximum atomic E-state index is 13.1. The first-order chi connectivity index (χ1) is 8.86. The number of amides is 1. The lowest BCUT2D eigenvalue weighted by molar-refractivity contribution is -0.130. The monoisotopic (exact) mass is 275 g/mol. The van der Waals surface area contributed by atoms with Gasteiger partial charge in [-0.15, -0.1) is 0 Å². The number of hydrogen-bond acceptors (Lipinski definition) is 2. The molecule has 19 heavy (non-hydrogen) atoms. The Morgan fingerprint density at radius 3 is 2.47 bits per heavy atom. The van der Waals surface area contributed by atoms with Crippen LogP contribution in [0.5, 0.6) is 0 Å².